The van der Waals surface area contributed by atoms with Crippen molar-refractivity contribution in [2.75, 3.05) is 7.11 Å². The lowest BCUT2D eigenvalue weighted by Crippen LogP contribution is -2.01. The first-order chi connectivity index (χ1) is 8.60. The fourth-order valence-electron chi connectivity index (χ4n) is 1.58. The van der Waals surface area contributed by atoms with E-state index in [9.17, 15) is 4.79 Å². The molecule has 0 aliphatic heterocycles. The van der Waals surface area contributed by atoms with Crippen LogP contribution in [-0.4, -0.2) is 28.2 Å². The zero-order valence-electron chi connectivity index (χ0n) is 9.61. The van der Waals surface area contributed by atoms with Crippen molar-refractivity contribution in [2.24, 2.45) is 0 Å². The summed E-state index contributed by atoms with van der Waals surface area (Å²) >= 11 is 6.02. The average Bonchev–Trinajstić information content (AvgIpc) is 2.76. The number of halogens is 1. The highest BCUT2D eigenvalue weighted by Gasteiger charge is 2.08. The number of hydrogen-bond acceptors (Lipinski definition) is 3. The number of hydrogen-bond donors (Lipinski definition) is 2. The standard InChI is InChI=1S/C12H11ClN2O3/c1-18-10-3-2-7(4-8(10)13)9-6-14-11(15-9)5-12(16)17/h2-4,6H,5H2,1H3,(H,14,15)(H,16,17). The molecule has 1 heterocycles. The van der Waals surface area contributed by atoms with Crippen molar-refractivity contribution in [3.8, 4) is 17.0 Å². The molecule has 0 radical (unpaired) electrons. The van der Waals surface area contributed by atoms with Crippen LogP contribution < -0.4 is 4.74 Å². The highest BCUT2D eigenvalue weighted by molar-refractivity contribution is 6.32. The van der Waals surface area contributed by atoms with Gasteiger partial charge in [0.1, 0.15) is 18.0 Å². The second-order valence-corrected chi connectivity index (χ2v) is 4.07. The van der Waals surface area contributed by atoms with Gasteiger partial charge in [-0.2, -0.15) is 0 Å². The number of nitrogens with zero attached hydrogens (tertiary/aromatic N) is 1. The second-order valence-electron chi connectivity index (χ2n) is 3.66. The molecule has 6 heteroatoms. The molecule has 2 N–H and O–H groups in total. The predicted octanol–water partition coefficient (Wildman–Crippen LogP) is 2.37. The van der Waals surface area contributed by atoms with Gasteiger partial charge in [-0.05, 0) is 18.2 Å². The maximum atomic E-state index is 10.6. The van der Waals surface area contributed by atoms with Crippen molar-refractivity contribution in [1.82, 2.24) is 9.97 Å². The number of nitrogens with one attached hydrogen (secondary N) is 1. The summed E-state index contributed by atoms with van der Waals surface area (Å²) in [4.78, 5) is 17.5. The Hall–Kier alpha value is -2.01. The monoisotopic (exact) mass is 266 g/mol. The van der Waals surface area contributed by atoms with E-state index in [1.54, 1.807) is 25.4 Å². The fourth-order valence-corrected chi connectivity index (χ4v) is 1.83. The van der Waals surface area contributed by atoms with Crippen LogP contribution in [-0.2, 0) is 11.2 Å². The maximum absolute atomic E-state index is 10.6. The van der Waals surface area contributed by atoms with Gasteiger partial charge in [0.25, 0.3) is 0 Å². The number of carboxylic acid groups (broad SMARTS) is 1. The van der Waals surface area contributed by atoms with Gasteiger partial charge in [-0.3, -0.25) is 4.79 Å². The third-order valence-electron chi connectivity index (χ3n) is 2.41. The molecule has 0 saturated carbocycles. The Kier molecular flexibility index (Phi) is 3.53. The summed E-state index contributed by atoms with van der Waals surface area (Å²) < 4.78 is 5.06. The van der Waals surface area contributed by atoms with Gasteiger partial charge in [0.2, 0.25) is 0 Å². The van der Waals surface area contributed by atoms with Crippen molar-refractivity contribution in [3.63, 3.8) is 0 Å². The molecule has 94 valence electrons. The zero-order chi connectivity index (χ0) is 13.1. The van der Waals surface area contributed by atoms with Crippen LogP contribution in [0, 0.1) is 0 Å². The number of ether oxygens (including phenoxy) is 1. The molecule has 0 saturated heterocycles. The molecule has 0 fully saturated rings. The molecule has 1 aromatic heterocycles. The summed E-state index contributed by atoms with van der Waals surface area (Å²) in [7, 11) is 1.54. The lowest BCUT2D eigenvalue weighted by Gasteiger charge is -2.04. The Morgan fingerprint density at radius 1 is 1.56 bits per heavy atom. The van der Waals surface area contributed by atoms with E-state index in [4.69, 9.17) is 21.4 Å². The number of aliphatic carboxylic acids is 1. The molecule has 5 nitrogen and oxygen atoms in total. The van der Waals surface area contributed by atoms with Crippen LogP contribution in [0.25, 0.3) is 11.3 Å². The minimum absolute atomic E-state index is 0.135. The molecule has 18 heavy (non-hydrogen) atoms. The van der Waals surface area contributed by atoms with E-state index in [2.05, 4.69) is 9.97 Å². The molecule has 0 bridgehead atoms. The predicted molar refractivity (Wildman–Crippen MR) is 66.9 cm³/mol. The van der Waals surface area contributed by atoms with E-state index >= 15 is 0 Å². The van der Waals surface area contributed by atoms with E-state index in [-0.39, 0.29) is 6.42 Å². The average molecular weight is 267 g/mol. The lowest BCUT2D eigenvalue weighted by atomic mass is 10.1. The normalized spacial score (nSPS) is 10.3. The van der Waals surface area contributed by atoms with E-state index in [1.807, 2.05) is 6.07 Å². The fraction of sp³-hybridized carbons (Fsp3) is 0.167. The van der Waals surface area contributed by atoms with E-state index < -0.39 is 5.97 Å². The SMILES string of the molecule is COc1ccc(-c2cnc(CC(=O)O)[nH]2)cc1Cl. The number of H-pyrrole nitrogens is 1. The molecular formula is C12H11ClN2O3. The van der Waals surface area contributed by atoms with E-state index in [0.717, 1.165) is 11.3 Å². The number of benzene rings is 1. The second kappa shape index (κ2) is 5.10. The summed E-state index contributed by atoms with van der Waals surface area (Å²) in [6.45, 7) is 0. The van der Waals surface area contributed by atoms with Gasteiger partial charge < -0.3 is 14.8 Å². The van der Waals surface area contributed by atoms with Gasteiger partial charge >= 0.3 is 5.97 Å². The van der Waals surface area contributed by atoms with Crippen LogP contribution in [0.4, 0.5) is 0 Å². The number of aromatic amines is 1. The number of aromatic nitrogens is 2. The van der Waals surface area contributed by atoms with Crippen LogP contribution in [0.5, 0.6) is 5.75 Å². The third kappa shape index (κ3) is 2.62. The summed E-state index contributed by atoms with van der Waals surface area (Å²) in [5.41, 5.74) is 1.54. The van der Waals surface area contributed by atoms with E-state index in [1.165, 1.54) is 0 Å². The molecular weight excluding hydrogens is 256 g/mol. The van der Waals surface area contributed by atoms with Gasteiger partial charge in [0, 0.05) is 5.56 Å². The first-order valence-electron chi connectivity index (χ1n) is 5.19. The van der Waals surface area contributed by atoms with Gasteiger partial charge in [0.15, 0.2) is 0 Å². The van der Waals surface area contributed by atoms with Gasteiger partial charge in [-0.1, -0.05) is 11.6 Å². The van der Waals surface area contributed by atoms with Crippen LogP contribution in [0.15, 0.2) is 24.4 Å². The molecule has 2 aromatic rings. The number of carbonyl (C=O) groups is 1. The summed E-state index contributed by atoms with van der Waals surface area (Å²) in [5, 5.41) is 9.15. The molecule has 0 unspecified atom stereocenters. The molecule has 2 rings (SSSR count). The summed E-state index contributed by atoms with van der Waals surface area (Å²) in [5.74, 6) is 0.0683. The van der Waals surface area contributed by atoms with Crippen molar-refractivity contribution >= 4 is 17.6 Å². The van der Waals surface area contributed by atoms with Gasteiger partial charge in [-0.25, -0.2) is 4.98 Å². The quantitative estimate of drug-likeness (QED) is 0.891. The lowest BCUT2D eigenvalue weighted by molar-refractivity contribution is -0.136. The highest BCUT2D eigenvalue weighted by atomic mass is 35.5. The molecule has 0 spiro atoms. The minimum atomic E-state index is -0.927. The first-order valence-corrected chi connectivity index (χ1v) is 5.57. The molecule has 0 aliphatic rings. The Bertz CT molecular complexity index is 580. The Labute approximate surface area is 108 Å². The van der Waals surface area contributed by atoms with Crippen LogP contribution >= 0.6 is 11.6 Å². The third-order valence-corrected chi connectivity index (χ3v) is 2.71. The van der Waals surface area contributed by atoms with Crippen LogP contribution in [0.3, 0.4) is 0 Å². The minimum Gasteiger partial charge on any atom is -0.495 e. The van der Waals surface area contributed by atoms with Gasteiger partial charge in [-0.15, -0.1) is 0 Å². The molecule has 1 aromatic carbocycles. The summed E-state index contributed by atoms with van der Waals surface area (Å²) in [6, 6.07) is 5.30. The molecule has 0 amide bonds. The first kappa shape index (κ1) is 12.4. The largest absolute Gasteiger partial charge is 0.495 e. The van der Waals surface area contributed by atoms with Crippen LogP contribution in [0.2, 0.25) is 5.02 Å². The van der Waals surface area contributed by atoms with Gasteiger partial charge in [0.05, 0.1) is 24.0 Å². The summed E-state index contributed by atoms with van der Waals surface area (Å²) in [6.07, 6.45) is 1.44. The number of imidazole rings is 1. The number of carboxylic acids is 1. The van der Waals surface area contributed by atoms with Crippen molar-refractivity contribution in [3.05, 3.63) is 35.2 Å². The van der Waals surface area contributed by atoms with Crippen LogP contribution in [0.1, 0.15) is 5.82 Å². The number of methoxy groups -OCH3 is 1. The Balaban J connectivity index is 2.28. The topological polar surface area (TPSA) is 75.2 Å². The molecule has 0 atom stereocenters. The zero-order valence-corrected chi connectivity index (χ0v) is 10.4. The Morgan fingerprint density at radius 2 is 2.33 bits per heavy atom. The van der Waals surface area contributed by atoms with Crippen molar-refractivity contribution in [2.45, 2.75) is 6.42 Å². The Morgan fingerprint density at radius 3 is 2.94 bits per heavy atom. The molecule has 0 aliphatic carbocycles. The maximum Gasteiger partial charge on any atom is 0.311 e. The highest BCUT2D eigenvalue weighted by Crippen LogP contribution is 2.29. The smallest absolute Gasteiger partial charge is 0.311 e. The van der Waals surface area contributed by atoms with E-state index in [0.29, 0.717) is 16.6 Å². The number of rotatable bonds is 4. The van der Waals surface area contributed by atoms with Crippen molar-refractivity contribution < 1.29 is 14.6 Å². The van der Waals surface area contributed by atoms with Crippen molar-refractivity contribution in [1.29, 1.82) is 0 Å².